The first kappa shape index (κ1) is 29.6. The number of anilines is 2. The molecule has 3 aromatic heterocycles. The fourth-order valence-corrected chi connectivity index (χ4v) is 7.87. The second-order valence-electron chi connectivity index (χ2n) is 11.8. The molecule has 3 heterocycles. The van der Waals surface area contributed by atoms with Crippen LogP contribution in [0.4, 0.5) is 11.6 Å². The second-order valence-corrected chi connectivity index (χ2v) is 13.6. The van der Waals surface area contributed by atoms with Gasteiger partial charge in [0, 0.05) is 22.8 Å². The monoisotopic (exact) mass is 630 g/mol. The first-order chi connectivity index (χ1) is 22.3. The van der Waals surface area contributed by atoms with Crippen LogP contribution in [-0.2, 0) is 10.0 Å². The van der Waals surface area contributed by atoms with E-state index in [1.165, 1.54) is 49.8 Å². The molecule has 1 saturated carbocycles. The Labute approximate surface area is 267 Å². The minimum atomic E-state index is -3.98. The van der Waals surface area contributed by atoms with Gasteiger partial charge in [-0.1, -0.05) is 67.8 Å². The van der Waals surface area contributed by atoms with Crippen LogP contribution < -0.4 is 10.9 Å². The molecule has 10 heteroatoms. The minimum Gasteiger partial charge on any atom is -0.324 e. The molecular formula is C36H34N6O3S. The summed E-state index contributed by atoms with van der Waals surface area (Å²) in [6, 6.07) is 27.6. The van der Waals surface area contributed by atoms with Crippen molar-refractivity contribution < 1.29 is 8.42 Å². The van der Waals surface area contributed by atoms with Crippen LogP contribution >= 0.6 is 0 Å². The van der Waals surface area contributed by atoms with Gasteiger partial charge in [0.2, 0.25) is 5.95 Å². The van der Waals surface area contributed by atoms with Crippen LogP contribution in [0.5, 0.6) is 0 Å². The number of para-hydroxylation sites is 1. The molecule has 0 unspecified atom stereocenters. The quantitative estimate of drug-likeness (QED) is 0.197. The van der Waals surface area contributed by atoms with Crippen molar-refractivity contribution in [3.63, 3.8) is 0 Å². The molecule has 0 atom stereocenters. The van der Waals surface area contributed by atoms with E-state index in [0.29, 0.717) is 51.1 Å². The molecule has 0 amide bonds. The predicted molar refractivity (Wildman–Crippen MR) is 180 cm³/mol. The molecule has 0 bridgehead atoms. The van der Waals surface area contributed by atoms with Crippen molar-refractivity contribution in [2.24, 2.45) is 0 Å². The third-order valence-corrected chi connectivity index (χ3v) is 10.5. The van der Waals surface area contributed by atoms with Crippen molar-refractivity contribution in [2.75, 3.05) is 5.32 Å². The molecule has 7 rings (SSSR count). The van der Waals surface area contributed by atoms with Crippen LogP contribution in [0.15, 0.2) is 107 Å². The summed E-state index contributed by atoms with van der Waals surface area (Å²) in [5.74, 6) is 0.982. The fourth-order valence-electron chi connectivity index (χ4n) is 6.49. The predicted octanol–water partition coefficient (Wildman–Crippen LogP) is 7.29. The average molecular weight is 631 g/mol. The molecule has 9 nitrogen and oxygen atoms in total. The largest absolute Gasteiger partial charge is 0.324 e. The summed E-state index contributed by atoms with van der Waals surface area (Å²) in [6.45, 7) is 3.37. The third kappa shape index (κ3) is 5.38. The smallest absolute Gasteiger partial charge is 0.283 e. The Kier molecular flexibility index (Phi) is 7.74. The Balaban J connectivity index is 1.32. The summed E-state index contributed by atoms with van der Waals surface area (Å²) < 4.78 is 29.6. The normalized spacial score (nSPS) is 14.0. The molecule has 0 radical (unpaired) electrons. The van der Waals surface area contributed by atoms with Gasteiger partial charge in [0.05, 0.1) is 27.5 Å². The first-order valence-corrected chi connectivity index (χ1v) is 17.0. The SMILES string of the molecule is Cc1nn(S(=O)(=O)c2ccccc2)c(C)c1-c1cc2cnc(Nc3ccc(C4CCCCC4)cc3)nc2n(-c2ccccc2)c1=O. The van der Waals surface area contributed by atoms with E-state index < -0.39 is 10.0 Å². The van der Waals surface area contributed by atoms with Crippen molar-refractivity contribution in [1.29, 1.82) is 0 Å². The van der Waals surface area contributed by atoms with Crippen molar-refractivity contribution in [2.45, 2.75) is 56.8 Å². The molecule has 232 valence electrons. The summed E-state index contributed by atoms with van der Waals surface area (Å²) in [7, 11) is -3.98. The maximum atomic E-state index is 14.4. The minimum absolute atomic E-state index is 0.115. The van der Waals surface area contributed by atoms with E-state index in [2.05, 4.69) is 39.7 Å². The highest BCUT2D eigenvalue weighted by atomic mass is 32.2. The molecule has 1 aliphatic carbocycles. The van der Waals surface area contributed by atoms with Crippen molar-refractivity contribution in [3.05, 3.63) is 124 Å². The van der Waals surface area contributed by atoms with Crippen molar-refractivity contribution in [1.82, 2.24) is 23.7 Å². The lowest BCUT2D eigenvalue weighted by atomic mass is 9.84. The molecule has 3 aromatic carbocycles. The Hall–Kier alpha value is -5.09. The van der Waals surface area contributed by atoms with Crippen LogP contribution in [0, 0.1) is 13.8 Å². The zero-order valence-electron chi connectivity index (χ0n) is 25.7. The summed E-state index contributed by atoms with van der Waals surface area (Å²) in [5, 5.41) is 8.32. The van der Waals surface area contributed by atoms with E-state index in [4.69, 9.17) is 4.98 Å². The van der Waals surface area contributed by atoms with Gasteiger partial charge in [0.25, 0.3) is 15.6 Å². The number of aryl methyl sites for hydroxylation is 1. The molecule has 46 heavy (non-hydrogen) atoms. The van der Waals surface area contributed by atoms with E-state index in [-0.39, 0.29) is 10.5 Å². The number of rotatable bonds is 7. The molecule has 0 aliphatic heterocycles. The average Bonchev–Trinajstić information content (AvgIpc) is 3.39. The van der Waals surface area contributed by atoms with Crippen molar-refractivity contribution in [3.8, 4) is 16.8 Å². The number of aromatic nitrogens is 5. The molecule has 6 aromatic rings. The van der Waals surface area contributed by atoms with Gasteiger partial charge in [-0.25, -0.2) is 4.98 Å². The Morgan fingerprint density at radius 1 is 0.848 bits per heavy atom. The van der Waals surface area contributed by atoms with Gasteiger partial charge in [-0.3, -0.25) is 9.36 Å². The fraction of sp³-hybridized carbons (Fsp3) is 0.222. The van der Waals surface area contributed by atoms with Crippen molar-refractivity contribution >= 4 is 32.7 Å². The van der Waals surface area contributed by atoms with E-state index in [1.54, 1.807) is 48.9 Å². The highest BCUT2D eigenvalue weighted by Crippen LogP contribution is 2.34. The topological polar surface area (TPSA) is 112 Å². The first-order valence-electron chi connectivity index (χ1n) is 15.5. The number of pyridine rings is 1. The zero-order valence-corrected chi connectivity index (χ0v) is 26.5. The van der Waals surface area contributed by atoms with Crippen LogP contribution in [0.3, 0.4) is 0 Å². The molecule has 0 spiro atoms. The molecule has 1 N–H and O–H groups in total. The lowest BCUT2D eigenvalue weighted by Gasteiger charge is -2.22. The maximum Gasteiger partial charge on any atom is 0.283 e. The third-order valence-electron chi connectivity index (χ3n) is 8.79. The van der Waals surface area contributed by atoms with Crippen LogP contribution in [0.25, 0.3) is 27.8 Å². The van der Waals surface area contributed by atoms with Gasteiger partial charge in [0.15, 0.2) is 5.65 Å². The van der Waals surface area contributed by atoms with E-state index in [9.17, 15) is 13.2 Å². The summed E-state index contributed by atoms with van der Waals surface area (Å²) in [6.07, 6.45) is 8.05. The highest BCUT2D eigenvalue weighted by molar-refractivity contribution is 7.89. The standard InChI is InChI=1S/C36H34N6O3S/c1-24-33(25(2)42(40-24)46(44,45)31-16-10-5-11-17-31)32-22-28-23-37-36(39-34(28)41(35(32)43)30-14-8-4-9-15-30)38-29-20-18-27(19-21-29)26-12-6-3-7-13-26/h4-5,8-11,14-23,26H,3,6-7,12-13H2,1-2H3,(H,37,38,39). The lowest BCUT2D eigenvalue weighted by molar-refractivity contribution is 0.443. The summed E-state index contributed by atoms with van der Waals surface area (Å²) in [5.41, 5.74) is 4.46. The number of benzene rings is 3. The summed E-state index contributed by atoms with van der Waals surface area (Å²) >= 11 is 0. The van der Waals surface area contributed by atoms with E-state index >= 15 is 0 Å². The van der Waals surface area contributed by atoms with E-state index in [0.717, 1.165) is 9.77 Å². The molecule has 0 saturated heterocycles. The Morgan fingerprint density at radius 2 is 1.52 bits per heavy atom. The number of hydrogen-bond acceptors (Lipinski definition) is 7. The number of nitrogens with one attached hydrogen (secondary N) is 1. The Bertz CT molecular complexity index is 2200. The van der Waals surface area contributed by atoms with Gasteiger partial charge >= 0.3 is 0 Å². The van der Waals surface area contributed by atoms with Gasteiger partial charge < -0.3 is 5.32 Å². The van der Waals surface area contributed by atoms with Gasteiger partial charge in [0.1, 0.15) is 0 Å². The van der Waals surface area contributed by atoms with Gasteiger partial charge in [-0.2, -0.15) is 22.6 Å². The van der Waals surface area contributed by atoms with Gasteiger partial charge in [-0.15, -0.1) is 0 Å². The zero-order chi connectivity index (χ0) is 31.8. The van der Waals surface area contributed by atoms with Crippen LogP contribution in [-0.4, -0.2) is 32.1 Å². The van der Waals surface area contributed by atoms with Crippen LogP contribution in [0.2, 0.25) is 0 Å². The number of nitrogens with zero attached hydrogens (tertiary/aromatic N) is 5. The molecule has 1 fully saturated rings. The highest BCUT2D eigenvalue weighted by Gasteiger charge is 2.27. The summed E-state index contributed by atoms with van der Waals surface area (Å²) in [4.78, 5) is 23.9. The second kappa shape index (κ2) is 12.0. The maximum absolute atomic E-state index is 14.4. The van der Waals surface area contributed by atoms with Gasteiger partial charge in [-0.05, 0) is 80.6 Å². The molecular weight excluding hydrogens is 597 g/mol. The lowest BCUT2D eigenvalue weighted by Crippen LogP contribution is -2.22. The molecule has 1 aliphatic rings. The van der Waals surface area contributed by atoms with Crippen LogP contribution in [0.1, 0.15) is 55.0 Å². The Morgan fingerprint density at radius 3 is 2.22 bits per heavy atom. The number of hydrogen-bond donors (Lipinski definition) is 1. The van der Waals surface area contributed by atoms with E-state index in [1.807, 2.05) is 30.3 Å². The number of fused-ring (bicyclic) bond motifs is 1.